The highest BCUT2D eigenvalue weighted by Gasteiger charge is 2.37. The van der Waals surface area contributed by atoms with Crippen LogP contribution in [-0.4, -0.2) is 20.7 Å². The zero-order valence-electron chi connectivity index (χ0n) is 15.5. The number of alkyl halides is 3. The predicted octanol–water partition coefficient (Wildman–Crippen LogP) is 5.20. The van der Waals surface area contributed by atoms with Crippen LogP contribution in [0.25, 0.3) is 5.69 Å². The Labute approximate surface area is 165 Å². The average Bonchev–Trinajstić information content (AvgIpc) is 3.39. The predicted molar refractivity (Wildman–Crippen MR) is 102 cm³/mol. The van der Waals surface area contributed by atoms with Crippen LogP contribution in [0.4, 0.5) is 18.9 Å². The van der Waals surface area contributed by atoms with Gasteiger partial charge in [0, 0.05) is 24.0 Å². The zero-order valence-corrected chi connectivity index (χ0v) is 15.5. The van der Waals surface area contributed by atoms with Gasteiger partial charge < -0.3 is 5.32 Å². The second kappa shape index (κ2) is 7.69. The highest BCUT2D eigenvalue weighted by molar-refractivity contribution is 6.04. The second-order valence-electron chi connectivity index (χ2n) is 7.09. The van der Waals surface area contributed by atoms with E-state index in [0.717, 1.165) is 36.4 Å². The molecule has 0 bridgehead atoms. The molecule has 2 heterocycles. The van der Waals surface area contributed by atoms with E-state index in [-0.39, 0.29) is 11.8 Å². The van der Waals surface area contributed by atoms with Crippen molar-refractivity contribution in [1.82, 2.24) is 14.8 Å². The molecule has 29 heavy (non-hydrogen) atoms. The highest BCUT2D eigenvalue weighted by atomic mass is 19.4. The molecule has 1 fully saturated rings. The van der Waals surface area contributed by atoms with Gasteiger partial charge in [-0.15, -0.1) is 0 Å². The van der Waals surface area contributed by atoms with Crippen molar-refractivity contribution in [1.29, 1.82) is 0 Å². The number of aromatic nitrogens is 3. The van der Waals surface area contributed by atoms with Crippen molar-refractivity contribution in [3.05, 3.63) is 71.8 Å². The van der Waals surface area contributed by atoms with E-state index in [1.54, 1.807) is 30.5 Å². The Morgan fingerprint density at radius 2 is 1.83 bits per heavy atom. The van der Waals surface area contributed by atoms with Gasteiger partial charge in [0.2, 0.25) is 0 Å². The van der Waals surface area contributed by atoms with Crippen LogP contribution in [-0.2, 0) is 6.18 Å². The largest absolute Gasteiger partial charge is 0.433 e. The monoisotopic (exact) mass is 400 g/mol. The highest BCUT2D eigenvalue weighted by Crippen LogP contribution is 2.38. The summed E-state index contributed by atoms with van der Waals surface area (Å²) in [5.74, 6) is -0.264. The van der Waals surface area contributed by atoms with E-state index in [2.05, 4.69) is 15.4 Å². The van der Waals surface area contributed by atoms with Gasteiger partial charge in [-0.2, -0.15) is 18.3 Å². The number of carbonyl (C=O) groups is 1. The molecule has 0 radical (unpaired) electrons. The maximum atomic E-state index is 13.5. The molecule has 5 nitrogen and oxygen atoms in total. The Morgan fingerprint density at radius 3 is 2.45 bits per heavy atom. The summed E-state index contributed by atoms with van der Waals surface area (Å²) in [6.07, 6.45) is 2.27. The topological polar surface area (TPSA) is 59.8 Å². The fourth-order valence-corrected chi connectivity index (χ4v) is 3.61. The smallest absolute Gasteiger partial charge is 0.322 e. The summed E-state index contributed by atoms with van der Waals surface area (Å²) in [5, 5.41) is 6.97. The molecule has 0 unspecified atom stereocenters. The minimum absolute atomic E-state index is 0.0791. The van der Waals surface area contributed by atoms with Crippen LogP contribution in [0.5, 0.6) is 0 Å². The van der Waals surface area contributed by atoms with Crippen LogP contribution in [0.1, 0.15) is 53.3 Å². The van der Waals surface area contributed by atoms with Gasteiger partial charge in [-0.05, 0) is 55.3 Å². The third kappa shape index (κ3) is 4.16. The number of benzene rings is 1. The van der Waals surface area contributed by atoms with Crippen molar-refractivity contribution in [3.63, 3.8) is 0 Å². The van der Waals surface area contributed by atoms with Crippen LogP contribution in [0.3, 0.4) is 0 Å². The van der Waals surface area contributed by atoms with E-state index in [9.17, 15) is 18.0 Å². The Bertz CT molecular complexity index is 991. The maximum Gasteiger partial charge on any atom is 0.433 e. The lowest BCUT2D eigenvalue weighted by atomic mass is 10.0. The molecule has 8 heteroatoms. The molecule has 150 valence electrons. The van der Waals surface area contributed by atoms with Crippen LogP contribution in [0.2, 0.25) is 0 Å². The molecular formula is C21H19F3N4O. The maximum absolute atomic E-state index is 13.5. The van der Waals surface area contributed by atoms with Crippen molar-refractivity contribution in [2.75, 3.05) is 5.32 Å². The van der Waals surface area contributed by atoms with Gasteiger partial charge in [-0.1, -0.05) is 12.8 Å². The first kappa shape index (κ1) is 19.2. The number of amides is 1. The Morgan fingerprint density at radius 1 is 1.10 bits per heavy atom. The third-order valence-electron chi connectivity index (χ3n) is 5.09. The number of hydrogen-bond acceptors (Lipinski definition) is 3. The molecule has 4 rings (SSSR count). The molecule has 1 N–H and O–H groups in total. The Balaban J connectivity index is 1.59. The van der Waals surface area contributed by atoms with Crippen LogP contribution < -0.4 is 5.32 Å². The number of anilines is 1. The number of carbonyl (C=O) groups excluding carboxylic acids is 1. The first-order valence-corrected chi connectivity index (χ1v) is 9.41. The summed E-state index contributed by atoms with van der Waals surface area (Å²) < 4.78 is 41.6. The van der Waals surface area contributed by atoms with Gasteiger partial charge in [0.15, 0.2) is 0 Å². The van der Waals surface area contributed by atoms with Crippen molar-refractivity contribution in [3.8, 4) is 5.69 Å². The normalized spacial score (nSPS) is 14.9. The molecule has 1 aromatic carbocycles. The number of nitrogens with one attached hydrogen (secondary N) is 1. The molecule has 1 aliphatic rings. The molecule has 0 saturated heterocycles. The third-order valence-corrected chi connectivity index (χ3v) is 5.09. The van der Waals surface area contributed by atoms with Crippen molar-refractivity contribution < 1.29 is 18.0 Å². The summed E-state index contributed by atoms with van der Waals surface area (Å²) in [7, 11) is 0. The minimum atomic E-state index is -4.50. The van der Waals surface area contributed by atoms with E-state index in [1.807, 2.05) is 0 Å². The molecule has 1 saturated carbocycles. The number of hydrogen-bond donors (Lipinski definition) is 1. The summed E-state index contributed by atoms with van der Waals surface area (Å²) in [5.41, 5.74) is 0.861. The van der Waals surface area contributed by atoms with Gasteiger partial charge >= 0.3 is 6.18 Å². The molecule has 3 aromatic rings. The van der Waals surface area contributed by atoms with E-state index in [0.29, 0.717) is 22.6 Å². The number of halogens is 3. The summed E-state index contributed by atoms with van der Waals surface area (Å²) >= 11 is 0. The molecule has 1 amide bonds. The fraction of sp³-hybridized carbons (Fsp3) is 0.286. The number of pyridine rings is 1. The summed E-state index contributed by atoms with van der Waals surface area (Å²) in [6.45, 7) is 0. The first-order valence-electron chi connectivity index (χ1n) is 9.41. The molecule has 0 atom stereocenters. The molecule has 1 aliphatic carbocycles. The van der Waals surface area contributed by atoms with E-state index in [1.165, 1.54) is 18.3 Å². The molecular weight excluding hydrogens is 381 g/mol. The van der Waals surface area contributed by atoms with Crippen molar-refractivity contribution in [2.24, 2.45) is 0 Å². The van der Waals surface area contributed by atoms with E-state index in [4.69, 9.17) is 0 Å². The molecule has 2 aromatic heterocycles. The van der Waals surface area contributed by atoms with Crippen LogP contribution >= 0.6 is 0 Å². The van der Waals surface area contributed by atoms with Gasteiger partial charge in [-0.25, -0.2) is 4.68 Å². The van der Waals surface area contributed by atoms with Gasteiger partial charge in [0.1, 0.15) is 5.69 Å². The van der Waals surface area contributed by atoms with Gasteiger partial charge in [0.05, 0.1) is 16.9 Å². The quantitative estimate of drug-likeness (QED) is 0.655. The number of nitrogens with zero attached hydrogens (tertiary/aromatic N) is 3. The summed E-state index contributed by atoms with van der Waals surface area (Å²) in [6, 6.07) is 10.6. The van der Waals surface area contributed by atoms with Crippen LogP contribution in [0, 0.1) is 0 Å². The summed E-state index contributed by atoms with van der Waals surface area (Å²) in [4.78, 5) is 16.1. The standard InChI is InChI=1S/C21H19F3N4O/c22-21(23,24)19-12-18(14-4-1-2-5-14)27-28(19)17-9-7-16(8-10-17)26-20(29)15-6-3-11-25-13-15/h3,6-14H,1-2,4-5H2,(H,26,29). The SMILES string of the molecule is O=C(Nc1ccc(-n2nc(C3CCCC3)cc2C(F)(F)F)cc1)c1cccnc1. The minimum Gasteiger partial charge on any atom is -0.322 e. The van der Waals surface area contributed by atoms with E-state index < -0.39 is 11.9 Å². The molecule has 0 spiro atoms. The lowest BCUT2D eigenvalue weighted by Gasteiger charge is -2.11. The first-order chi connectivity index (χ1) is 13.9. The van der Waals surface area contributed by atoms with E-state index >= 15 is 0 Å². The van der Waals surface area contributed by atoms with Gasteiger partial charge in [-0.3, -0.25) is 9.78 Å². The zero-order chi connectivity index (χ0) is 20.4. The van der Waals surface area contributed by atoms with Crippen molar-refractivity contribution >= 4 is 11.6 Å². The van der Waals surface area contributed by atoms with Crippen LogP contribution in [0.15, 0.2) is 54.9 Å². The fourth-order valence-electron chi connectivity index (χ4n) is 3.61. The lowest BCUT2D eigenvalue weighted by Crippen LogP contribution is -2.14. The molecule has 0 aliphatic heterocycles. The second-order valence-corrected chi connectivity index (χ2v) is 7.09. The lowest BCUT2D eigenvalue weighted by molar-refractivity contribution is -0.142. The van der Waals surface area contributed by atoms with Gasteiger partial charge in [0.25, 0.3) is 5.91 Å². The number of rotatable bonds is 4. The Kier molecular flexibility index (Phi) is 5.08. The van der Waals surface area contributed by atoms with Crippen molar-refractivity contribution in [2.45, 2.75) is 37.8 Å². The Hall–Kier alpha value is -3.16. The average molecular weight is 400 g/mol.